The van der Waals surface area contributed by atoms with Crippen LogP contribution in [0, 0.1) is 5.92 Å². The van der Waals surface area contributed by atoms with Gasteiger partial charge in [-0.05, 0) is 18.1 Å². The molecule has 0 saturated heterocycles. The Morgan fingerprint density at radius 2 is 2.19 bits per heavy atom. The number of Topliss-reactive ketones (excluding diaryl/α,β-unsaturated/α-hetero) is 1. The predicted octanol–water partition coefficient (Wildman–Crippen LogP) is 1.91. The fraction of sp³-hybridized carbons (Fsp3) is 0.333. The van der Waals surface area contributed by atoms with Gasteiger partial charge in [0.15, 0.2) is 17.3 Å². The molecule has 2 aromatic rings. The van der Waals surface area contributed by atoms with Gasteiger partial charge in [-0.15, -0.1) is 0 Å². The van der Waals surface area contributed by atoms with Gasteiger partial charge in [-0.3, -0.25) is 14.6 Å². The lowest BCUT2D eigenvalue weighted by Crippen LogP contribution is -2.20. The van der Waals surface area contributed by atoms with E-state index in [9.17, 15) is 14.7 Å². The smallest absolute Gasteiger partial charge is 0.294 e. The number of hydrogen-bond acceptors (Lipinski definition) is 5. The molecule has 3 rings (SSSR count). The molecule has 0 spiro atoms. The lowest BCUT2D eigenvalue weighted by Gasteiger charge is -2.24. The average molecular weight is 285 g/mol. The zero-order chi connectivity index (χ0) is 14.8. The summed E-state index contributed by atoms with van der Waals surface area (Å²) in [4.78, 5) is 34.6. The summed E-state index contributed by atoms with van der Waals surface area (Å²) in [7, 11) is 0. The van der Waals surface area contributed by atoms with Crippen molar-refractivity contribution in [2.24, 2.45) is 5.92 Å². The molecule has 1 aliphatic rings. The second kappa shape index (κ2) is 5.47. The van der Waals surface area contributed by atoms with E-state index in [1.807, 2.05) is 0 Å². The van der Waals surface area contributed by atoms with Crippen molar-refractivity contribution in [3.05, 3.63) is 40.4 Å². The maximum absolute atomic E-state index is 12.2. The first-order chi connectivity index (χ1) is 10.1. The molecular formula is C15H15N3O3. The van der Waals surface area contributed by atoms with Crippen LogP contribution in [0.4, 0.5) is 0 Å². The minimum absolute atomic E-state index is 0.161. The Labute approximate surface area is 120 Å². The lowest BCUT2D eigenvalue weighted by molar-refractivity contribution is 0.0928. The van der Waals surface area contributed by atoms with Crippen molar-refractivity contribution in [3.8, 4) is 17.3 Å². The fourth-order valence-electron chi connectivity index (χ4n) is 2.34. The van der Waals surface area contributed by atoms with Crippen molar-refractivity contribution in [2.45, 2.75) is 25.7 Å². The van der Waals surface area contributed by atoms with Crippen LogP contribution in [0.2, 0.25) is 0 Å². The van der Waals surface area contributed by atoms with Gasteiger partial charge in [0.05, 0.1) is 0 Å². The van der Waals surface area contributed by atoms with Crippen molar-refractivity contribution in [1.82, 2.24) is 15.0 Å². The maximum Gasteiger partial charge on any atom is 0.294 e. The summed E-state index contributed by atoms with van der Waals surface area (Å²) in [5.74, 6) is -0.369. The molecule has 0 bridgehead atoms. The van der Waals surface area contributed by atoms with Gasteiger partial charge in [0, 0.05) is 12.6 Å². The van der Waals surface area contributed by atoms with Gasteiger partial charge in [-0.2, -0.15) is 0 Å². The topological polar surface area (TPSA) is 95.9 Å². The lowest BCUT2D eigenvalue weighted by atomic mass is 9.81. The number of nitrogens with one attached hydrogen (secondary N) is 1. The van der Waals surface area contributed by atoms with E-state index < -0.39 is 11.3 Å². The number of aromatic hydroxyl groups is 1. The molecule has 6 heteroatoms. The summed E-state index contributed by atoms with van der Waals surface area (Å²) in [6.45, 7) is 0. The molecular weight excluding hydrogens is 270 g/mol. The standard InChI is InChI=1S/C15H15N3O3/c19-11(8-9-4-3-5-9)12-13(20)15(21)18-14(17-12)10-6-1-2-7-16-10/h1-2,6-7,9,20H,3-5,8H2,(H,17,18,21). The average Bonchev–Trinajstić information content (AvgIpc) is 2.46. The Bertz CT molecular complexity index is 721. The highest BCUT2D eigenvalue weighted by Crippen LogP contribution is 2.31. The number of aromatic amines is 1. The zero-order valence-corrected chi connectivity index (χ0v) is 11.4. The molecule has 2 heterocycles. The monoisotopic (exact) mass is 285 g/mol. The Balaban J connectivity index is 1.97. The highest BCUT2D eigenvalue weighted by atomic mass is 16.3. The Morgan fingerprint density at radius 1 is 1.38 bits per heavy atom. The number of hydrogen-bond donors (Lipinski definition) is 2. The van der Waals surface area contributed by atoms with E-state index in [0.29, 0.717) is 18.0 Å². The summed E-state index contributed by atoms with van der Waals surface area (Å²) < 4.78 is 0. The second-order valence-electron chi connectivity index (χ2n) is 5.25. The second-order valence-corrected chi connectivity index (χ2v) is 5.25. The van der Waals surface area contributed by atoms with Crippen LogP contribution in [0.3, 0.4) is 0 Å². The van der Waals surface area contributed by atoms with Crippen LogP contribution in [0.5, 0.6) is 5.75 Å². The first-order valence-corrected chi connectivity index (χ1v) is 6.93. The third-order valence-electron chi connectivity index (χ3n) is 3.77. The van der Waals surface area contributed by atoms with E-state index in [2.05, 4.69) is 15.0 Å². The van der Waals surface area contributed by atoms with Crippen LogP contribution < -0.4 is 5.56 Å². The van der Waals surface area contributed by atoms with E-state index in [4.69, 9.17) is 0 Å². The van der Waals surface area contributed by atoms with Gasteiger partial charge < -0.3 is 10.1 Å². The molecule has 0 amide bonds. The van der Waals surface area contributed by atoms with Gasteiger partial charge in [-0.25, -0.2) is 4.98 Å². The summed E-state index contributed by atoms with van der Waals surface area (Å²) in [6, 6.07) is 5.17. The van der Waals surface area contributed by atoms with Crippen LogP contribution in [0.15, 0.2) is 29.2 Å². The summed E-state index contributed by atoms with van der Waals surface area (Å²) in [5.41, 5.74) is -0.429. The number of carbonyl (C=O) groups is 1. The number of rotatable bonds is 4. The number of pyridine rings is 1. The summed E-state index contributed by atoms with van der Waals surface area (Å²) in [6.07, 6.45) is 5.06. The molecule has 108 valence electrons. The van der Waals surface area contributed by atoms with Crippen LogP contribution in [0.1, 0.15) is 36.2 Å². The molecule has 0 aromatic carbocycles. The quantitative estimate of drug-likeness (QED) is 0.836. The third-order valence-corrected chi connectivity index (χ3v) is 3.77. The first-order valence-electron chi connectivity index (χ1n) is 6.93. The van der Waals surface area contributed by atoms with Gasteiger partial charge in [0.25, 0.3) is 5.56 Å². The molecule has 0 aliphatic heterocycles. The van der Waals surface area contributed by atoms with Crippen LogP contribution in [-0.4, -0.2) is 25.8 Å². The minimum Gasteiger partial charge on any atom is -0.501 e. The molecule has 6 nitrogen and oxygen atoms in total. The Morgan fingerprint density at radius 3 is 2.81 bits per heavy atom. The van der Waals surface area contributed by atoms with E-state index in [1.54, 1.807) is 24.4 Å². The van der Waals surface area contributed by atoms with E-state index >= 15 is 0 Å². The van der Waals surface area contributed by atoms with Crippen LogP contribution in [-0.2, 0) is 0 Å². The van der Waals surface area contributed by atoms with Crippen molar-refractivity contribution in [2.75, 3.05) is 0 Å². The van der Waals surface area contributed by atoms with Crippen molar-refractivity contribution >= 4 is 5.78 Å². The molecule has 1 fully saturated rings. The van der Waals surface area contributed by atoms with Crippen molar-refractivity contribution < 1.29 is 9.90 Å². The van der Waals surface area contributed by atoms with Gasteiger partial charge in [0.1, 0.15) is 5.69 Å². The SMILES string of the molecule is O=C(CC1CCC1)c1nc(-c2ccccn2)[nH]c(=O)c1O. The number of H-pyrrole nitrogens is 1. The number of carbonyl (C=O) groups excluding carboxylic acids is 1. The summed E-state index contributed by atoms with van der Waals surface area (Å²) >= 11 is 0. The molecule has 0 atom stereocenters. The maximum atomic E-state index is 12.2. The van der Waals surface area contributed by atoms with Gasteiger partial charge in [0.2, 0.25) is 5.75 Å². The molecule has 21 heavy (non-hydrogen) atoms. The Kier molecular flexibility index (Phi) is 3.51. The van der Waals surface area contributed by atoms with E-state index in [-0.39, 0.29) is 17.3 Å². The third kappa shape index (κ3) is 2.69. The fourth-order valence-corrected chi connectivity index (χ4v) is 2.34. The molecule has 2 N–H and O–H groups in total. The Hall–Kier alpha value is -2.50. The van der Waals surface area contributed by atoms with E-state index in [1.165, 1.54) is 0 Å². The number of aromatic nitrogens is 3. The zero-order valence-electron chi connectivity index (χ0n) is 11.4. The van der Waals surface area contributed by atoms with Gasteiger partial charge in [-0.1, -0.05) is 25.3 Å². The highest BCUT2D eigenvalue weighted by molar-refractivity contribution is 5.97. The predicted molar refractivity (Wildman–Crippen MR) is 76.0 cm³/mol. The van der Waals surface area contributed by atoms with Crippen molar-refractivity contribution in [1.29, 1.82) is 0 Å². The van der Waals surface area contributed by atoms with Crippen LogP contribution >= 0.6 is 0 Å². The molecule has 0 radical (unpaired) electrons. The van der Waals surface area contributed by atoms with Crippen molar-refractivity contribution in [3.63, 3.8) is 0 Å². The molecule has 1 saturated carbocycles. The number of nitrogens with zero attached hydrogens (tertiary/aromatic N) is 2. The van der Waals surface area contributed by atoms with E-state index in [0.717, 1.165) is 19.3 Å². The minimum atomic E-state index is -0.720. The summed E-state index contributed by atoms with van der Waals surface area (Å²) in [5, 5.41) is 9.80. The first kappa shape index (κ1) is 13.5. The van der Waals surface area contributed by atoms with Gasteiger partial charge >= 0.3 is 0 Å². The molecule has 0 unspecified atom stereocenters. The largest absolute Gasteiger partial charge is 0.501 e. The number of ketones is 1. The normalized spacial score (nSPS) is 14.7. The van der Waals surface area contributed by atoms with Crippen LogP contribution in [0.25, 0.3) is 11.5 Å². The molecule has 1 aliphatic carbocycles. The molecule has 2 aromatic heterocycles. The highest BCUT2D eigenvalue weighted by Gasteiger charge is 2.25.